The fourth-order valence-electron chi connectivity index (χ4n) is 2.33. The summed E-state index contributed by atoms with van der Waals surface area (Å²) >= 11 is 2.10. The first-order valence-electron chi connectivity index (χ1n) is 8.10. The zero-order chi connectivity index (χ0) is 19.6. The molecule has 0 aliphatic carbocycles. The number of carbonyl (C=O) groups excluding carboxylic acids is 2. The number of aliphatic hydroxyl groups is 1. The quantitative estimate of drug-likeness (QED) is 0.397. The van der Waals surface area contributed by atoms with E-state index in [0.717, 1.165) is 3.57 Å². The van der Waals surface area contributed by atoms with Crippen molar-refractivity contribution in [2.75, 3.05) is 11.5 Å². The molecular formula is C19H21IN2O4. The third-order valence-electron chi connectivity index (χ3n) is 3.76. The second-order valence-corrected chi connectivity index (χ2v) is 7.89. The number of allylic oxidation sites excluding steroid dienone is 1. The monoisotopic (exact) mass is 468 g/mol. The number of anilines is 1. The Morgan fingerprint density at radius 3 is 2.46 bits per heavy atom. The number of para-hydroxylation sites is 1. The molecule has 138 valence electrons. The Labute approximate surface area is 166 Å². The summed E-state index contributed by atoms with van der Waals surface area (Å²) in [7, 11) is 0. The van der Waals surface area contributed by atoms with Crippen molar-refractivity contribution >= 4 is 45.9 Å². The SMILES string of the molecule is CCOC(=O)C1=C(O)/C(=C\C(=O)C(C)(C)C)N(c2ccccc2I)C1=N. The number of ketones is 1. The van der Waals surface area contributed by atoms with Gasteiger partial charge in [0.15, 0.2) is 11.5 Å². The summed E-state index contributed by atoms with van der Waals surface area (Å²) in [6, 6.07) is 7.22. The number of esters is 1. The molecule has 0 saturated heterocycles. The van der Waals surface area contributed by atoms with Gasteiger partial charge in [0.05, 0.1) is 18.0 Å². The van der Waals surface area contributed by atoms with Gasteiger partial charge in [-0.15, -0.1) is 0 Å². The zero-order valence-electron chi connectivity index (χ0n) is 15.1. The van der Waals surface area contributed by atoms with Crippen molar-refractivity contribution in [2.24, 2.45) is 5.41 Å². The molecular weight excluding hydrogens is 447 g/mol. The van der Waals surface area contributed by atoms with E-state index in [0.29, 0.717) is 5.69 Å². The number of amidine groups is 1. The fourth-order valence-corrected chi connectivity index (χ4v) is 2.96. The van der Waals surface area contributed by atoms with Crippen LogP contribution < -0.4 is 4.90 Å². The summed E-state index contributed by atoms with van der Waals surface area (Å²) in [5.41, 5.74) is -0.226. The average Bonchev–Trinajstić information content (AvgIpc) is 2.78. The normalized spacial score (nSPS) is 16.4. The summed E-state index contributed by atoms with van der Waals surface area (Å²) in [5.74, 6) is -1.67. The van der Waals surface area contributed by atoms with Crippen LogP contribution in [0.5, 0.6) is 0 Å². The van der Waals surface area contributed by atoms with E-state index in [1.165, 1.54) is 11.0 Å². The zero-order valence-corrected chi connectivity index (χ0v) is 17.2. The molecule has 0 atom stereocenters. The molecule has 0 saturated carbocycles. The molecule has 7 heteroatoms. The Morgan fingerprint density at radius 1 is 1.31 bits per heavy atom. The molecule has 0 bridgehead atoms. The molecule has 0 fully saturated rings. The van der Waals surface area contributed by atoms with Crippen LogP contribution in [0.2, 0.25) is 0 Å². The van der Waals surface area contributed by atoms with Crippen LogP contribution in [0, 0.1) is 14.4 Å². The molecule has 0 amide bonds. The summed E-state index contributed by atoms with van der Waals surface area (Å²) in [5, 5.41) is 19.0. The third kappa shape index (κ3) is 3.82. The first-order valence-corrected chi connectivity index (χ1v) is 9.18. The number of hydrogen-bond acceptors (Lipinski definition) is 5. The third-order valence-corrected chi connectivity index (χ3v) is 4.67. The van der Waals surface area contributed by atoms with Crippen molar-refractivity contribution in [1.29, 1.82) is 5.41 Å². The van der Waals surface area contributed by atoms with Crippen LogP contribution in [0.25, 0.3) is 0 Å². The summed E-state index contributed by atoms with van der Waals surface area (Å²) < 4.78 is 5.77. The minimum atomic E-state index is -0.794. The Kier molecular flexibility index (Phi) is 5.90. The van der Waals surface area contributed by atoms with E-state index < -0.39 is 17.1 Å². The Balaban J connectivity index is 2.65. The van der Waals surface area contributed by atoms with Crippen molar-refractivity contribution in [3.05, 3.63) is 50.9 Å². The van der Waals surface area contributed by atoms with Gasteiger partial charge in [0, 0.05) is 15.1 Å². The number of aliphatic hydroxyl groups excluding tert-OH is 1. The maximum absolute atomic E-state index is 12.5. The molecule has 0 unspecified atom stereocenters. The van der Waals surface area contributed by atoms with Crippen LogP contribution in [0.4, 0.5) is 5.69 Å². The van der Waals surface area contributed by atoms with Crippen molar-refractivity contribution < 1.29 is 19.4 Å². The number of nitrogens with zero attached hydrogens (tertiary/aromatic N) is 1. The van der Waals surface area contributed by atoms with Crippen LogP contribution in [0.1, 0.15) is 27.7 Å². The molecule has 1 aromatic carbocycles. The first-order chi connectivity index (χ1) is 12.1. The number of nitrogens with one attached hydrogen (secondary N) is 1. The van der Waals surface area contributed by atoms with Crippen molar-refractivity contribution in [3.8, 4) is 0 Å². The van der Waals surface area contributed by atoms with Crippen LogP contribution >= 0.6 is 22.6 Å². The highest BCUT2D eigenvalue weighted by molar-refractivity contribution is 14.1. The van der Waals surface area contributed by atoms with E-state index in [-0.39, 0.29) is 29.5 Å². The fraction of sp³-hybridized carbons (Fsp3) is 0.316. The number of benzene rings is 1. The van der Waals surface area contributed by atoms with Crippen molar-refractivity contribution in [1.82, 2.24) is 0 Å². The van der Waals surface area contributed by atoms with Crippen LogP contribution in [0.3, 0.4) is 0 Å². The number of ether oxygens (including phenoxy) is 1. The number of hydrogen-bond donors (Lipinski definition) is 2. The predicted octanol–water partition coefficient (Wildman–Crippen LogP) is 3.96. The van der Waals surface area contributed by atoms with E-state index in [2.05, 4.69) is 22.6 Å². The van der Waals surface area contributed by atoms with Gasteiger partial charge < -0.3 is 9.84 Å². The highest BCUT2D eigenvalue weighted by Crippen LogP contribution is 2.36. The molecule has 26 heavy (non-hydrogen) atoms. The molecule has 2 N–H and O–H groups in total. The lowest BCUT2D eigenvalue weighted by molar-refractivity contribution is -0.138. The minimum absolute atomic E-state index is 0.0992. The summed E-state index contributed by atoms with van der Waals surface area (Å²) in [4.78, 5) is 26.1. The average molecular weight is 468 g/mol. The molecule has 0 radical (unpaired) electrons. The second-order valence-electron chi connectivity index (χ2n) is 6.72. The lowest BCUT2D eigenvalue weighted by Crippen LogP contribution is -2.29. The Morgan fingerprint density at radius 2 is 1.92 bits per heavy atom. The van der Waals surface area contributed by atoms with Gasteiger partial charge in [-0.1, -0.05) is 32.9 Å². The van der Waals surface area contributed by atoms with Gasteiger partial charge in [-0.25, -0.2) is 4.79 Å². The molecule has 1 aliphatic rings. The molecule has 1 aromatic rings. The predicted molar refractivity (Wildman–Crippen MR) is 108 cm³/mol. The highest BCUT2D eigenvalue weighted by Gasteiger charge is 2.39. The molecule has 6 nitrogen and oxygen atoms in total. The highest BCUT2D eigenvalue weighted by atomic mass is 127. The smallest absolute Gasteiger partial charge is 0.345 e. The van der Waals surface area contributed by atoms with Gasteiger partial charge in [-0.3, -0.25) is 15.1 Å². The maximum Gasteiger partial charge on any atom is 0.345 e. The van der Waals surface area contributed by atoms with E-state index in [9.17, 15) is 14.7 Å². The lowest BCUT2D eigenvalue weighted by Gasteiger charge is -2.23. The molecule has 0 spiro atoms. The number of carbonyl (C=O) groups is 2. The van der Waals surface area contributed by atoms with Crippen molar-refractivity contribution in [2.45, 2.75) is 27.7 Å². The second kappa shape index (κ2) is 7.61. The lowest BCUT2D eigenvalue weighted by atomic mass is 9.90. The molecule has 1 heterocycles. The largest absolute Gasteiger partial charge is 0.505 e. The molecule has 1 aliphatic heterocycles. The van der Waals surface area contributed by atoms with Gasteiger partial charge in [0.25, 0.3) is 0 Å². The van der Waals surface area contributed by atoms with Gasteiger partial charge in [0.1, 0.15) is 11.4 Å². The first kappa shape index (κ1) is 20.2. The van der Waals surface area contributed by atoms with E-state index in [1.54, 1.807) is 39.8 Å². The van der Waals surface area contributed by atoms with E-state index in [4.69, 9.17) is 10.1 Å². The van der Waals surface area contributed by atoms with Crippen LogP contribution in [-0.4, -0.2) is 29.3 Å². The Bertz CT molecular complexity index is 834. The minimum Gasteiger partial charge on any atom is -0.505 e. The summed E-state index contributed by atoms with van der Waals surface area (Å²) in [6.07, 6.45) is 1.28. The Hall–Kier alpha value is -2.16. The van der Waals surface area contributed by atoms with Gasteiger partial charge in [-0.05, 0) is 41.6 Å². The van der Waals surface area contributed by atoms with Gasteiger partial charge >= 0.3 is 5.97 Å². The maximum atomic E-state index is 12.5. The topological polar surface area (TPSA) is 90.7 Å². The van der Waals surface area contributed by atoms with E-state index in [1.807, 2.05) is 12.1 Å². The van der Waals surface area contributed by atoms with Crippen molar-refractivity contribution in [3.63, 3.8) is 0 Å². The number of rotatable bonds is 4. The molecule has 2 rings (SSSR count). The van der Waals surface area contributed by atoms with Gasteiger partial charge in [-0.2, -0.15) is 0 Å². The standard InChI is InChI=1S/C19H21IN2O4/c1-5-26-18(25)15-16(24)13(10-14(23)19(2,3)4)22(17(15)21)12-9-7-6-8-11(12)20/h6-10,21,24H,5H2,1-4H3/b13-10+,21-17?. The molecule has 0 aromatic heterocycles. The van der Waals surface area contributed by atoms with E-state index >= 15 is 0 Å². The van der Waals surface area contributed by atoms with Gasteiger partial charge in [0.2, 0.25) is 0 Å². The summed E-state index contributed by atoms with van der Waals surface area (Å²) in [6.45, 7) is 7.04. The number of halogens is 1. The van der Waals surface area contributed by atoms with Crippen LogP contribution in [0.15, 0.2) is 47.4 Å². The van der Waals surface area contributed by atoms with Crippen LogP contribution in [-0.2, 0) is 14.3 Å².